The third kappa shape index (κ3) is 2.60. The fourth-order valence-electron chi connectivity index (χ4n) is 2.20. The predicted octanol–water partition coefficient (Wildman–Crippen LogP) is 3.68. The Morgan fingerprint density at radius 3 is 2.71 bits per heavy atom. The van der Waals surface area contributed by atoms with Gasteiger partial charge in [0.25, 0.3) is 0 Å². The number of benzene rings is 2. The maximum absolute atomic E-state index is 5.99. The van der Waals surface area contributed by atoms with E-state index in [4.69, 9.17) is 10.5 Å². The summed E-state index contributed by atoms with van der Waals surface area (Å²) in [6.07, 6.45) is 1.74. The molecule has 3 rings (SSSR count). The molecule has 0 saturated heterocycles. The Morgan fingerprint density at radius 2 is 1.90 bits per heavy atom. The van der Waals surface area contributed by atoms with Crippen molar-refractivity contribution in [2.75, 3.05) is 24.7 Å². The minimum atomic E-state index is 0.701. The minimum absolute atomic E-state index is 0.701. The Morgan fingerprint density at radius 1 is 1.05 bits per heavy atom. The smallest absolute Gasteiger partial charge is 0.153 e. The summed E-state index contributed by atoms with van der Waals surface area (Å²) in [5.74, 6) is 1.48. The van der Waals surface area contributed by atoms with Gasteiger partial charge in [-0.05, 0) is 36.4 Å². The lowest BCUT2D eigenvalue weighted by Gasteiger charge is -2.14. The van der Waals surface area contributed by atoms with Gasteiger partial charge in [-0.25, -0.2) is 0 Å². The zero-order chi connectivity index (χ0) is 14.8. The average Bonchev–Trinajstić information content (AvgIpc) is 2.51. The molecule has 2 N–H and O–H groups in total. The van der Waals surface area contributed by atoms with Gasteiger partial charge in [-0.15, -0.1) is 0 Å². The second-order valence-corrected chi connectivity index (χ2v) is 5.05. The van der Waals surface area contributed by atoms with Crippen LogP contribution in [0.3, 0.4) is 0 Å². The number of fused-ring (bicyclic) bond motifs is 1. The van der Waals surface area contributed by atoms with Gasteiger partial charge in [0.15, 0.2) is 5.75 Å². The van der Waals surface area contributed by atoms with Gasteiger partial charge in [0.1, 0.15) is 11.3 Å². The average molecular weight is 279 g/mol. The Bertz CT molecular complexity index is 784. The van der Waals surface area contributed by atoms with E-state index in [-0.39, 0.29) is 0 Å². The van der Waals surface area contributed by atoms with Crippen LogP contribution >= 0.6 is 0 Å². The van der Waals surface area contributed by atoms with Crippen LogP contribution in [-0.2, 0) is 0 Å². The normalized spacial score (nSPS) is 10.6. The Labute approximate surface area is 123 Å². The topological polar surface area (TPSA) is 51.4 Å². The molecule has 0 saturated carbocycles. The first-order valence-corrected chi connectivity index (χ1v) is 6.73. The molecule has 0 aliphatic heterocycles. The van der Waals surface area contributed by atoms with Crippen LogP contribution in [-0.4, -0.2) is 19.1 Å². The Balaban J connectivity index is 2.02. The van der Waals surface area contributed by atoms with Crippen LogP contribution in [0, 0.1) is 0 Å². The molecule has 21 heavy (non-hydrogen) atoms. The van der Waals surface area contributed by atoms with E-state index in [1.54, 1.807) is 6.20 Å². The lowest BCUT2D eigenvalue weighted by molar-refractivity contribution is 0.487. The molecule has 3 aromatic rings. The number of nitrogens with two attached hydrogens (primary N) is 1. The molecule has 0 radical (unpaired) electrons. The van der Waals surface area contributed by atoms with E-state index in [2.05, 4.69) is 4.98 Å². The number of ether oxygens (including phenoxy) is 1. The monoisotopic (exact) mass is 279 g/mol. The van der Waals surface area contributed by atoms with E-state index in [0.29, 0.717) is 11.4 Å². The van der Waals surface area contributed by atoms with E-state index in [1.807, 2.05) is 67.5 Å². The van der Waals surface area contributed by atoms with E-state index in [9.17, 15) is 0 Å². The van der Waals surface area contributed by atoms with Gasteiger partial charge in [-0.2, -0.15) is 0 Å². The standard InChI is InChI=1S/C17H17N3O/c1-20(2)12-5-3-6-13(11-12)21-16-9-8-15(18)14-7-4-10-19-17(14)16/h3-11H,18H2,1-2H3. The predicted molar refractivity (Wildman–Crippen MR) is 87.0 cm³/mol. The van der Waals surface area contributed by atoms with E-state index in [0.717, 1.165) is 22.3 Å². The van der Waals surface area contributed by atoms with Gasteiger partial charge < -0.3 is 15.4 Å². The van der Waals surface area contributed by atoms with Crippen molar-refractivity contribution in [3.63, 3.8) is 0 Å². The lowest BCUT2D eigenvalue weighted by atomic mass is 10.1. The number of nitrogens with zero attached hydrogens (tertiary/aromatic N) is 2. The van der Waals surface area contributed by atoms with Crippen LogP contribution in [0.4, 0.5) is 11.4 Å². The molecule has 0 bridgehead atoms. The summed E-state index contributed by atoms with van der Waals surface area (Å²) in [6, 6.07) is 15.4. The summed E-state index contributed by atoms with van der Waals surface area (Å²) in [7, 11) is 4.00. The molecule has 1 heterocycles. The molecule has 0 aliphatic rings. The van der Waals surface area contributed by atoms with Crippen LogP contribution in [0.5, 0.6) is 11.5 Å². The maximum Gasteiger partial charge on any atom is 0.153 e. The first-order valence-electron chi connectivity index (χ1n) is 6.73. The van der Waals surface area contributed by atoms with Gasteiger partial charge in [-0.1, -0.05) is 6.07 Å². The quantitative estimate of drug-likeness (QED) is 0.743. The van der Waals surface area contributed by atoms with Crippen molar-refractivity contribution in [2.45, 2.75) is 0 Å². The SMILES string of the molecule is CN(C)c1cccc(Oc2ccc(N)c3cccnc23)c1. The van der Waals surface area contributed by atoms with Crippen LogP contribution in [0.1, 0.15) is 0 Å². The van der Waals surface area contributed by atoms with Crippen molar-refractivity contribution in [2.24, 2.45) is 0 Å². The fourth-order valence-corrected chi connectivity index (χ4v) is 2.20. The molecule has 1 aromatic heterocycles. The molecule has 0 unspecified atom stereocenters. The summed E-state index contributed by atoms with van der Waals surface area (Å²) in [4.78, 5) is 6.41. The first kappa shape index (κ1) is 13.2. The van der Waals surface area contributed by atoms with Crippen molar-refractivity contribution in [1.29, 1.82) is 0 Å². The highest BCUT2D eigenvalue weighted by Crippen LogP contribution is 2.32. The third-order valence-electron chi connectivity index (χ3n) is 3.33. The molecule has 106 valence electrons. The number of anilines is 2. The molecule has 2 aromatic carbocycles. The molecular formula is C17H17N3O. The summed E-state index contributed by atoms with van der Waals surface area (Å²) in [6.45, 7) is 0. The van der Waals surface area contributed by atoms with Crippen molar-refractivity contribution in [3.8, 4) is 11.5 Å². The summed E-state index contributed by atoms with van der Waals surface area (Å²) in [5.41, 5.74) is 8.54. The van der Waals surface area contributed by atoms with Gasteiger partial charge in [0, 0.05) is 43.1 Å². The minimum Gasteiger partial charge on any atom is -0.455 e. The molecule has 0 fully saturated rings. The highest BCUT2D eigenvalue weighted by atomic mass is 16.5. The lowest BCUT2D eigenvalue weighted by Crippen LogP contribution is -2.08. The molecule has 4 heteroatoms. The number of pyridine rings is 1. The van der Waals surface area contributed by atoms with E-state index < -0.39 is 0 Å². The summed E-state index contributed by atoms with van der Waals surface area (Å²) in [5, 5.41) is 0.902. The molecule has 0 amide bonds. The van der Waals surface area contributed by atoms with Crippen LogP contribution < -0.4 is 15.4 Å². The largest absolute Gasteiger partial charge is 0.455 e. The third-order valence-corrected chi connectivity index (χ3v) is 3.33. The van der Waals surface area contributed by atoms with Crippen molar-refractivity contribution >= 4 is 22.3 Å². The van der Waals surface area contributed by atoms with Crippen molar-refractivity contribution in [1.82, 2.24) is 4.98 Å². The van der Waals surface area contributed by atoms with Crippen molar-refractivity contribution < 1.29 is 4.74 Å². The van der Waals surface area contributed by atoms with Crippen LogP contribution in [0.15, 0.2) is 54.7 Å². The second kappa shape index (κ2) is 5.32. The van der Waals surface area contributed by atoms with Gasteiger partial charge in [0.05, 0.1) is 0 Å². The number of hydrogen-bond donors (Lipinski definition) is 1. The van der Waals surface area contributed by atoms with Gasteiger partial charge >= 0.3 is 0 Å². The number of nitrogen functional groups attached to an aromatic ring is 1. The fraction of sp³-hybridized carbons (Fsp3) is 0.118. The molecule has 0 aliphatic carbocycles. The zero-order valence-corrected chi connectivity index (χ0v) is 12.1. The summed E-state index contributed by atoms with van der Waals surface area (Å²) < 4.78 is 5.99. The van der Waals surface area contributed by atoms with Gasteiger partial charge in [-0.3, -0.25) is 4.98 Å². The van der Waals surface area contributed by atoms with Crippen LogP contribution in [0.2, 0.25) is 0 Å². The molecular weight excluding hydrogens is 262 g/mol. The highest BCUT2D eigenvalue weighted by Gasteiger charge is 2.08. The summed E-state index contributed by atoms with van der Waals surface area (Å²) >= 11 is 0. The highest BCUT2D eigenvalue weighted by molar-refractivity contribution is 5.94. The molecule has 0 spiro atoms. The maximum atomic E-state index is 5.99. The van der Waals surface area contributed by atoms with E-state index >= 15 is 0 Å². The molecule has 4 nitrogen and oxygen atoms in total. The second-order valence-electron chi connectivity index (χ2n) is 5.05. The van der Waals surface area contributed by atoms with Gasteiger partial charge in [0.2, 0.25) is 0 Å². The number of rotatable bonds is 3. The van der Waals surface area contributed by atoms with Crippen molar-refractivity contribution in [3.05, 3.63) is 54.7 Å². The number of aromatic nitrogens is 1. The zero-order valence-electron chi connectivity index (χ0n) is 12.1. The first-order chi connectivity index (χ1) is 10.1. The van der Waals surface area contributed by atoms with Crippen LogP contribution in [0.25, 0.3) is 10.9 Å². The Kier molecular flexibility index (Phi) is 3.36. The van der Waals surface area contributed by atoms with E-state index in [1.165, 1.54) is 0 Å². The molecule has 0 atom stereocenters. The Hall–Kier alpha value is -2.75. The number of hydrogen-bond acceptors (Lipinski definition) is 4.